The molecular weight excluding hydrogens is 481 g/mol. The summed E-state index contributed by atoms with van der Waals surface area (Å²) >= 11 is 0. The van der Waals surface area contributed by atoms with Gasteiger partial charge in [-0.2, -0.15) is 4.31 Å². The van der Waals surface area contributed by atoms with Crippen molar-refractivity contribution in [3.8, 4) is 5.75 Å². The lowest BCUT2D eigenvalue weighted by Gasteiger charge is -2.38. The van der Waals surface area contributed by atoms with Crippen LogP contribution in [0.3, 0.4) is 0 Å². The minimum absolute atomic E-state index is 0.0145. The Morgan fingerprint density at radius 1 is 1.14 bits per heavy atom. The van der Waals surface area contributed by atoms with Crippen LogP contribution in [0.25, 0.3) is 0 Å². The fraction of sp³-hybridized carbons (Fsp3) is 0.391. The van der Waals surface area contributed by atoms with Gasteiger partial charge in [-0.15, -0.1) is 0 Å². The maximum atomic E-state index is 13.4. The van der Waals surface area contributed by atoms with Gasteiger partial charge in [0.05, 0.1) is 17.0 Å². The van der Waals surface area contributed by atoms with Gasteiger partial charge in [-0.05, 0) is 68.7 Å². The Hall–Kier alpha value is -3.22. The fourth-order valence-electron chi connectivity index (χ4n) is 3.76. The molecule has 2 aromatic rings. The summed E-state index contributed by atoms with van der Waals surface area (Å²) in [6.07, 6.45) is -0.511. The normalized spacial score (nSPS) is 18.7. The summed E-state index contributed by atoms with van der Waals surface area (Å²) < 4.78 is 51.4. The van der Waals surface area contributed by atoms with Gasteiger partial charge >= 0.3 is 6.09 Å². The third kappa shape index (κ3) is 6.68. The van der Waals surface area contributed by atoms with Gasteiger partial charge < -0.3 is 14.8 Å². The first-order valence-corrected chi connectivity index (χ1v) is 12.5. The first kappa shape index (κ1) is 26.4. The number of alkyl carbamates (subject to hydrolysis) is 1. The van der Waals surface area contributed by atoms with E-state index >= 15 is 0 Å². The molecule has 2 atom stereocenters. The van der Waals surface area contributed by atoms with Crippen molar-refractivity contribution in [1.29, 1.82) is 0 Å². The lowest BCUT2D eigenvalue weighted by atomic mass is 9.98. The lowest BCUT2D eigenvalue weighted by Crippen LogP contribution is -2.62. The fourth-order valence-corrected chi connectivity index (χ4v) is 5.42. The predicted molar refractivity (Wildman–Crippen MR) is 123 cm³/mol. The molecule has 1 saturated heterocycles. The standard InChI is InChI=1S/C23H28FN3O7S/c1-15(2)34-23(29)25-20-4-3-13-27(21(20)22(28)26-30)35(31,32)19-11-9-18(10-12-19)33-14-16-5-7-17(24)8-6-16/h5-12,15,20-21,30H,3-4,13-14H2,1-2H3,(H,25,29)(H,26,28)/t20-,21+/m0/s1. The number of ether oxygens (including phenoxy) is 2. The van der Waals surface area contributed by atoms with Gasteiger partial charge in [0.25, 0.3) is 5.91 Å². The van der Waals surface area contributed by atoms with E-state index in [-0.39, 0.29) is 23.9 Å². The van der Waals surface area contributed by atoms with Crippen molar-refractivity contribution < 1.29 is 37.1 Å². The highest BCUT2D eigenvalue weighted by molar-refractivity contribution is 7.89. The number of halogens is 1. The molecule has 1 aliphatic rings. The number of sulfonamides is 1. The molecule has 2 aromatic carbocycles. The van der Waals surface area contributed by atoms with Gasteiger partial charge in [0, 0.05) is 6.54 Å². The monoisotopic (exact) mass is 509 g/mol. The Balaban J connectivity index is 1.77. The highest BCUT2D eigenvalue weighted by Gasteiger charge is 2.44. The van der Waals surface area contributed by atoms with Crippen molar-refractivity contribution in [2.45, 2.75) is 56.4 Å². The third-order valence-electron chi connectivity index (χ3n) is 5.36. The number of carbonyl (C=O) groups excluding carboxylic acids is 2. The zero-order valence-electron chi connectivity index (χ0n) is 19.3. The Bertz CT molecular complexity index is 1120. The molecule has 0 saturated carbocycles. The summed E-state index contributed by atoms with van der Waals surface area (Å²) in [5, 5.41) is 11.8. The molecule has 3 rings (SSSR count). The molecule has 0 unspecified atom stereocenters. The second-order valence-corrected chi connectivity index (χ2v) is 10.2. The van der Waals surface area contributed by atoms with Crippen LogP contribution >= 0.6 is 0 Å². The molecule has 190 valence electrons. The molecule has 1 fully saturated rings. The van der Waals surface area contributed by atoms with Crippen LogP contribution in [0.1, 0.15) is 32.3 Å². The van der Waals surface area contributed by atoms with Crippen LogP contribution in [0.2, 0.25) is 0 Å². The Morgan fingerprint density at radius 2 is 1.80 bits per heavy atom. The van der Waals surface area contributed by atoms with Crippen molar-refractivity contribution in [2.24, 2.45) is 0 Å². The van der Waals surface area contributed by atoms with Crippen LogP contribution in [0.4, 0.5) is 9.18 Å². The summed E-state index contributed by atoms with van der Waals surface area (Å²) in [5.41, 5.74) is 2.24. The number of benzene rings is 2. The number of nitrogens with zero attached hydrogens (tertiary/aromatic N) is 1. The molecule has 12 heteroatoms. The van der Waals surface area contributed by atoms with E-state index in [0.29, 0.717) is 18.6 Å². The van der Waals surface area contributed by atoms with E-state index < -0.39 is 40.2 Å². The Labute approximate surface area is 203 Å². The lowest BCUT2D eigenvalue weighted by molar-refractivity contribution is -0.134. The Morgan fingerprint density at radius 3 is 2.40 bits per heavy atom. The summed E-state index contributed by atoms with van der Waals surface area (Å²) in [4.78, 5) is 24.5. The molecule has 0 radical (unpaired) electrons. The van der Waals surface area contributed by atoms with Crippen LogP contribution in [0, 0.1) is 5.82 Å². The van der Waals surface area contributed by atoms with Gasteiger partial charge in [0.2, 0.25) is 10.0 Å². The maximum Gasteiger partial charge on any atom is 0.407 e. The summed E-state index contributed by atoms with van der Waals surface area (Å²) in [6.45, 7) is 3.49. The van der Waals surface area contributed by atoms with E-state index in [4.69, 9.17) is 9.47 Å². The molecule has 0 spiro atoms. The second-order valence-electron chi connectivity index (χ2n) is 8.27. The topological polar surface area (TPSA) is 134 Å². The number of amides is 2. The minimum Gasteiger partial charge on any atom is -0.489 e. The third-order valence-corrected chi connectivity index (χ3v) is 7.25. The molecule has 10 nitrogen and oxygen atoms in total. The van der Waals surface area contributed by atoms with E-state index in [1.165, 1.54) is 41.9 Å². The van der Waals surface area contributed by atoms with E-state index in [2.05, 4.69) is 5.32 Å². The predicted octanol–water partition coefficient (Wildman–Crippen LogP) is 2.57. The number of hydroxylamine groups is 1. The summed E-state index contributed by atoms with van der Waals surface area (Å²) in [5.74, 6) is -0.932. The summed E-state index contributed by atoms with van der Waals surface area (Å²) in [6, 6.07) is 9.13. The average Bonchev–Trinajstić information content (AvgIpc) is 2.82. The number of hydrogen-bond acceptors (Lipinski definition) is 7. The van der Waals surface area contributed by atoms with E-state index in [0.717, 1.165) is 9.87 Å². The van der Waals surface area contributed by atoms with Gasteiger partial charge in [-0.25, -0.2) is 23.1 Å². The molecular formula is C23H28FN3O7S. The quantitative estimate of drug-likeness (QED) is 0.368. The van der Waals surface area contributed by atoms with Crippen molar-refractivity contribution in [3.63, 3.8) is 0 Å². The van der Waals surface area contributed by atoms with Crippen molar-refractivity contribution in [2.75, 3.05) is 6.54 Å². The zero-order valence-corrected chi connectivity index (χ0v) is 20.1. The summed E-state index contributed by atoms with van der Waals surface area (Å²) in [7, 11) is -4.17. The first-order valence-electron chi connectivity index (χ1n) is 11.0. The number of hydrogen-bond donors (Lipinski definition) is 3. The molecule has 0 aliphatic carbocycles. The molecule has 3 N–H and O–H groups in total. The number of nitrogens with one attached hydrogen (secondary N) is 2. The van der Waals surface area contributed by atoms with Crippen molar-refractivity contribution >= 4 is 22.0 Å². The molecule has 2 amide bonds. The van der Waals surface area contributed by atoms with Crippen LogP contribution in [0.15, 0.2) is 53.4 Å². The van der Waals surface area contributed by atoms with E-state index in [1.54, 1.807) is 26.0 Å². The molecule has 0 bridgehead atoms. The van der Waals surface area contributed by atoms with E-state index in [1.807, 2.05) is 0 Å². The highest BCUT2D eigenvalue weighted by Crippen LogP contribution is 2.27. The SMILES string of the molecule is CC(C)OC(=O)N[C@H]1CCCN(S(=O)(=O)c2ccc(OCc3ccc(F)cc3)cc2)[C@H]1C(=O)NO. The van der Waals surface area contributed by atoms with Crippen molar-refractivity contribution in [1.82, 2.24) is 15.1 Å². The van der Waals surface area contributed by atoms with Gasteiger partial charge in [0.1, 0.15) is 24.2 Å². The largest absolute Gasteiger partial charge is 0.489 e. The number of piperidine rings is 1. The number of carbonyl (C=O) groups is 2. The molecule has 0 aromatic heterocycles. The average molecular weight is 510 g/mol. The zero-order chi connectivity index (χ0) is 25.6. The van der Waals surface area contributed by atoms with Crippen LogP contribution in [0.5, 0.6) is 5.75 Å². The number of rotatable bonds is 8. The van der Waals surface area contributed by atoms with Gasteiger partial charge in [0.15, 0.2) is 0 Å². The van der Waals surface area contributed by atoms with Crippen LogP contribution in [-0.2, 0) is 26.2 Å². The minimum atomic E-state index is -4.17. The van der Waals surface area contributed by atoms with Crippen LogP contribution in [-0.4, -0.2) is 54.7 Å². The maximum absolute atomic E-state index is 13.4. The van der Waals surface area contributed by atoms with Gasteiger partial charge in [-0.1, -0.05) is 12.1 Å². The molecule has 1 heterocycles. The van der Waals surface area contributed by atoms with Gasteiger partial charge in [-0.3, -0.25) is 10.0 Å². The van der Waals surface area contributed by atoms with E-state index in [9.17, 15) is 27.6 Å². The second kappa shape index (κ2) is 11.5. The molecule has 35 heavy (non-hydrogen) atoms. The van der Waals surface area contributed by atoms with Crippen molar-refractivity contribution in [3.05, 3.63) is 59.9 Å². The van der Waals surface area contributed by atoms with Crippen LogP contribution < -0.4 is 15.5 Å². The first-order chi connectivity index (χ1) is 16.6. The highest BCUT2D eigenvalue weighted by atomic mass is 32.2. The Kier molecular flexibility index (Phi) is 8.65. The smallest absolute Gasteiger partial charge is 0.407 e. The molecule has 1 aliphatic heterocycles.